The number of rotatable bonds is 14. The molecule has 0 aliphatic rings. The smallest absolute Gasteiger partial charge is 0.293 e. The Balaban J connectivity index is 3.53. The molecule has 0 aromatic carbocycles. The second-order valence-corrected chi connectivity index (χ2v) is 6.00. The van der Waals surface area contributed by atoms with Gasteiger partial charge in [0.25, 0.3) is 5.92 Å². The lowest BCUT2D eigenvalue weighted by molar-refractivity contribution is -0.140. The van der Waals surface area contributed by atoms with Gasteiger partial charge < -0.3 is 14.2 Å². The molecule has 0 rings (SSSR count). The summed E-state index contributed by atoms with van der Waals surface area (Å²) in [6.07, 6.45) is 2.73. The van der Waals surface area contributed by atoms with Gasteiger partial charge in [-0.2, -0.15) is 0 Å². The number of hydrogen-bond acceptors (Lipinski definition) is 4. The normalized spacial score (nSPS) is 12.4. The summed E-state index contributed by atoms with van der Waals surface area (Å²) in [4.78, 5) is 11.2. The molecule has 0 aliphatic heterocycles. The molecule has 0 saturated carbocycles. The van der Waals surface area contributed by atoms with Crippen molar-refractivity contribution in [1.82, 2.24) is 0 Å². The number of Topliss-reactive ketones (excluding diaryl/α,β-unsaturated/α-hetero) is 1. The van der Waals surface area contributed by atoms with E-state index >= 15 is 0 Å². The Hall–Kier alpha value is -0.590. The van der Waals surface area contributed by atoms with Crippen LogP contribution in [-0.4, -0.2) is 50.8 Å². The van der Waals surface area contributed by atoms with Crippen molar-refractivity contribution in [3.8, 4) is 0 Å². The van der Waals surface area contributed by atoms with Crippen LogP contribution in [-0.2, 0) is 19.0 Å². The predicted octanol–water partition coefficient (Wildman–Crippen LogP) is 3.48. The Bertz CT molecular complexity index is 294. The first-order chi connectivity index (χ1) is 10.2. The zero-order valence-electron chi connectivity index (χ0n) is 14.2. The number of alkyl halides is 2. The number of unbranched alkanes of at least 4 members (excludes halogenated alkanes) is 2. The third kappa shape index (κ3) is 13.1. The number of carbonyl (C=O) groups is 1. The molecule has 0 unspecified atom stereocenters. The third-order valence-corrected chi connectivity index (χ3v) is 2.90. The third-order valence-electron chi connectivity index (χ3n) is 2.90. The van der Waals surface area contributed by atoms with Gasteiger partial charge in [0.15, 0.2) is 5.78 Å². The van der Waals surface area contributed by atoms with Crippen LogP contribution in [0.4, 0.5) is 8.78 Å². The largest absolute Gasteiger partial charge is 0.379 e. The van der Waals surface area contributed by atoms with E-state index in [1.54, 1.807) is 13.8 Å². The lowest BCUT2D eigenvalue weighted by Crippen LogP contribution is -2.31. The summed E-state index contributed by atoms with van der Waals surface area (Å²) in [5, 5.41) is 0. The predicted molar refractivity (Wildman–Crippen MR) is 81.4 cm³/mol. The molecule has 0 spiro atoms. The van der Waals surface area contributed by atoms with E-state index < -0.39 is 19.1 Å². The molecule has 0 bridgehead atoms. The van der Waals surface area contributed by atoms with Gasteiger partial charge in [0, 0.05) is 19.1 Å². The fourth-order valence-electron chi connectivity index (χ4n) is 1.53. The first-order valence-electron chi connectivity index (χ1n) is 7.92. The van der Waals surface area contributed by atoms with Gasteiger partial charge >= 0.3 is 0 Å². The average Bonchev–Trinajstić information content (AvgIpc) is 2.40. The van der Waals surface area contributed by atoms with Crippen LogP contribution in [0.1, 0.15) is 47.0 Å². The van der Waals surface area contributed by atoms with Crippen molar-refractivity contribution in [2.75, 3.05) is 33.0 Å². The molecule has 0 aromatic rings. The van der Waals surface area contributed by atoms with E-state index in [1.165, 1.54) is 0 Å². The van der Waals surface area contributed by atoms with Gasteiger partial charge in [-0.3, -0.25) is 4.79 Å². The van der Waals surface area contributed by atoms with E-state index in [0.717, 1.165) is 19.3 Å². The summed E-state index contributed by atoms with van der Waals surface area (Å²) in [6, 6.07) is 0. The Kier molecular flexibility index (Phi) is 11.6. The van der Waals surface area contributed by atoms with Gasteiger partial charge in [-0.1, -0.05) is 13.8 Å². The molecule has 0 heterocycles. The van der Waals surface area contributed by atoms with E-state index in [4.69, 9.17) is 14.2 Å². The van der Waals surface area contributed by atoms with Crippen molar-refractivity contribution < 1.29 is 27.8 Å². The molecule has 0 fully saturated rings. The van der Waals surface area contributed by atoms with Crippen LogP contribution in [0, 0.1) is 5.92 Å². The van der Waals surface area contributed by atoms with Crippen LogP contribution >= 0.6 is 0 Å². The molecular formula is C16H30F2O4. The van der Waals surface area contributed by atoms with Crippen molar-refractivity contribution in [2.24, 2.45) is 5.92 Å². The number of hydrogen-bond donors (Lipinski definition) is 0. The topological polar surface area (TPSA) is 44.8 Å². The quantitative estimate of drug-likeness (QED) is 0.459. The summed E-state index contributed by atoms with van der Waals surface area (Å²) in [7, 11) is 0. The van der Waals surface area contributed by atoms with E-state index in [1.807, 2.05) is 13.8 Å². The molecule has 0 aromatic heterocycles. The van der Waals surface area contributed by atoms with Crippen molar-refractivity contribution in [2.45, 2.75) is 59.0 Å². The highest BCUT2D eigenvalue weighted by atomic mass is 19.3. The van der Waals surface area contributed by atoms with Crippen LogP contribution in [0.2, 0.25) is 0 Å². The fourth-order valence-corrected chi connectivity index (χ4v) is 1.53. The van der Waals surface area contributed by atoms with Crippen molar-refractivity contribution in [1.29, 1.82) is 0 Å². The van der Waals surface area contributed by atoms with E-state index in [2.05, 4.69) is 0 Å². The molecule has 0 amide bonds. The molecule has 0 atom stereocenters. The Morgan fingerprint density at radius 3 is 2.14 bits per heavy atom. The Labute approximate surface area is 132 Å². The summed E-state index contributed by atoms with van der Waals surface area (Å²) < 4.78 is 41.9. The summed E-state index contributed by atoms with van der Waals surface area (Å²) in [6.45, 7) is 6.61. The van der Waals surface area contributed by atoms with E-state index in [9.17, 15) is 13.6 Å². The van der Waals surface area contributed by atoms with Crippen LogP contribution < -0.4 is 0 Å². The zero-order valence-corrected chi connectivity index (χ0v) is 14.2. The number of ether oxygens (including phenoxy) is 3. The minimum absolute atomic E-state index is 0.180. The van der Waals surface area contributed by atoms with Gasteiger partial charge in [0.2, 0.25) is 0 Å². The molecule has 132 valence electrons. The highest BCUT2D eigenvalue weighted by molar-refractivity contribution is 5.81. The van der Waals surface area contributed by atoms with Crippen molar-refractivity contribution >= 4 is 5.78 Å². The van der Waals surface area contributed by atoms with Crippen LogP contribution in [0.15, 0.2) is 0 Å². The van der Waals surface area contributed by atoms with Gasteiger partial charge in [0.1, 0.15) is 19.8 Å². The van der Waals surface area contributed by atoms with Crippen LogP contribution in [0.5, 0.6) is 0 Å². The first kappa shape index (κ1) is 21.4. The second-order valence-electron chi connectivity index (χ2n) is 6.00. The second kappa shape index (κ2) is 11.9. The summed E-state index contributed by atoms with van der Waals surface area (Å²) in [5.74, 6) is -3.44. The maximum Gasteiger partial charge on any atom is 0.293 e. The molecule has 6 heteroatoms. The first-order valence-corrected chi connectivity index (χ1v) is 7.92. The van der Waals surface area contributed by atoms with Gasteiger partial charge in [-0.25, -0.2) is 8.78 Å². The van der Waals surface area contributed by atoms with E-state index in [-0.39, 0.29) is 24.4 Å². The standard InChI is InChI=1S/C16H30F2O4/c1-13(2)15(19)10-21-12-16(17,18)11-20-8-6-5-7-9-22-14(3)4/h13-14H,5-12H2,1-4H3. The van der Waals surface area contributed by atoms with Crippen molar-refractivity contribution in [3.63, 3.8) is 0 Å². The van der Waals surface area contributed by atoms with Gasteiger partial charge in [-0.15, -0.1) is 0 Å². The maximum absolute atomic E-state index is 13.4. The zero-order chi connectivity index (χ0) is 17.0. The highest BCUT2D eigenvalue weighted by Gasteiger charge is 2.30. The molecule has 0 aliphatic carbocycles. The number of halogens is 2. The Morgan fingerprint density at radius 1 is 0.955 bits per heavy atom. The minimum Gasteiger partial charge on any atom is -0.379 e. The molecule has 0 radical (unpaired) electrons. The molecule has 4 nitrogen and oxygen atoms in total. The van der Waals surface area contributed by atoms with Gasteiger partial charge in [0.05, 0.1) is 6.10 Å². The Morgan fingerprint density at radius 2 is 1.55 bits per heavy atom. The SMILES string of the molecule is CC(C)OCCCCCOCC(F)(F)COCC(=O)C(C)C. The summed E-state index contributed by atoms with van der Waals surface area (Å²) >= 11 is 0. The minimum atomic E-state index is -3.06. The summed E-state index contributed by atoms with van der Waals surface area (Å²) in [5.41, 5.74) is 0. The average molecular weight is 324 g/mol. The monoisotopic (exact) mass is 324 g/mol. The van der Waals surface area contributed by atoms with Crippen LogP contribution in [0.3, 0.4) is 0 Å². The number of ketones is 1. The molecule has 0 N–H and O–H groups in total. The highest BCUT2D eigenvalue weighted by Crippen LogP contribution is 2.15. The molecular weight excluding hydrogens is 294 g/mol. The van der Waals surface area contributed by atoms with Crippen LogP contribution in [0.25, 0.3) is 0 Å². The van der Waals surface area contributed by atoms with Crippen molar-refractivity contribution in [3.05, 3.63) is 0 Å². The lowest BCUT2D eigenvalue weighted by atomic mass is 10.1. The maximum atomic E-state index is 13.4. The fraction of sp³-hybridized carbons (Fsp3) is 0.938. The number of carbonyl (C=O) groups excluding carboxylic acids is 1. The van der Waals surface area contributed by atoms with Gasteiger partial charge in [-0.05, 0) is 33.1 Å². The lowest BCUT2D eigenvalue weighted by Gasteiger charge is -2.16. The molecule has 0 saturated heterocycles. The molecule has 22 heavy (non-hydrogen) atoms. The van der Waals surface area contributed by atoms with E-state index in [0.29, 0.717) is 13.2 Å².